The summed E-state index contributed by atoms with van der Waals surface area (Å²) in [5.41, 5.74) is 1.13. The monoisotopic (exact) mass is 194 g/mol. The summed E-state index contributed by atoms with van der Waals surface area (Å²) in [6.07, 6.45) is 10.7. The van der Waals surface area contributed by atoms with Gasteiger partial charge in [0.2, 0.25) is 0 Å². The lowest BCUT2D eigenvalue weighted by Crippen LogP contribution is -2.15. The summed E-state index contributed by atoms with van der Waals surface area (Å²) in [4.78, 5) is 0. The van der Waals surface area contributed by atoms with Crippen LogP contribution in [0, 0.1) is 12.3 Å². The summed E-state index contributed by atoms with van der Waals surface area (Å²) in [5, 5.41) is 4.91. The van der Waals surface area contributed by atoms with E-state index < -0.39 is 0 Å². The van der Waals surface area contributed by atoms with Crippen LogP contribution >= 0.6 is 11.6 Å². The molecule has 1 heterocycles. The Kier molecular flexibility index (Phi) is 2.28. The number of halogens is 1. The lowest BCUT2D eigenvalue weighted by atomic mass is 9.83. The SMILES string of the molecule is C#CCn1ncc(Cl)c1C1CCC1. The second kappa shape index (κ2) is 3.43. The van der Waals surface area contributed by atoms with Crippen molar-refractivity contribution in [3.05, 3.63) is 16.9 Å². The fourth-order valence-corrected chi connectivity index (χ4v) is 1.97. The molecule has 0 spiro atoms. The Morgan fingerprint density at radius 2 is 2.46 bits per heavy atom. The topological polar surface area (TPSA) is 17.8 Å². The maximum atomic E-state index is 6.04. The van der Waals surface area contributed by atoms with Gasteiger partial charge in [0.15, 0.2) is 0 Å². The van der Waals surface area contributed by atoms with Crippen LogP contribution < -0.4 is 0 Å². The van der Waals surface area contributed by atoms with Crippen molar-refractivity contribution in [3.63, 3.8) is 0 Å². The van der Waals surface area contributed by atoms with Gasteiger partial charge < -0.3 is 0 Å². The van der Waals surface area contributed by atoms with Gasteiger partial charge in [-0.3, -0.25) is 4.68 Å². The van der Waals surface area contributed by atoms with E-state index in [1.807, 2.05) is 4.68 Å². The van der Waals surface area contributed by atoms with Crippen LogP contribution in [0.5, 0.6) is 0 Å². The van der Waals surface area contributed by atoms with Crippen LogP contribution in [0.15, 0.2) is 6.20 Å². The van der Waals surface area contributed by atoms with E-state index in [-0.39, 0.29) is 0 Å². The molecule has 13 heavy (non-hydrogen) atoms. The molecular formula is C10H11ClN2. The number of hydrogen-bond donors (Lipinski definition) is 0. The molecule has 0 amide bonds. The summed E-state index contributed by atoms with van der Waals surface area (Å²) in [7, 11) is 0. The van der Waals surface area contributed by atoms with E-state index in [2.05, 4.69) is 11.0 Å². The van der Waals surface area contributed by atoms with Crippen molar-refractivity contribution in [2.24, 2.45) is 0 Å². The summed E-state index contributed by atoms with van der Waals surface area (Å²) in [6, 6.07) is 0. The Balaban J connectivity index is 2.29. The molecule has 2 rings (SSSR count). The third kappa shape index (κ3) is 1.45. The Bertz CT molecular complexity index is 344. The van der Waals surface area contributed by atoms with Crippen LogP contribution in [0.25, 0.3) is 0 Å². The zero-order valence-electron chi connectivity index (χ0n) is 7.33. The fourth-order valence-electron chi connectivity index (χ4n) is 1.67. The minimum atomic E-state index is 0.526. The third-order valence-electron chi connectivity index (χ3n) is 2.57. The molecule has 1 aliphatic carbocycles. The average molecular weight is 195 g/mol. The van der Waals surface area contributed by atoms with E-state index in [0.717, 1.165) is 10.7 Å². The van der Waals surface area contributed by atoms with Crippen LogP contribution in [-0.4, -0.2) is 9.78 Å². The molecule has 0 bridgehead atoms. The van der Waals surface area contributed by atoms with Gasteiger partial charge in [0, 0.05) is 5.92 Å². The van der Waals surface area contributed by atoms with E-state index in [0.29, 0.717) is 12.5 Å². The minimum Gasteiger partial charge on any atom is -0.256 e. The number of rotatable bonds is 2. The van der Waals surface area contributed by atoms with Gasteiger partial charge in [0.1, 0.15) is 6.54 Å². The summed E-state index contributed by atoms with van der Waals surface area (Å²) in [5.74, 6) is 3.17. The fraction of sp³-hybridized carbons (Fsp3) is 0.500. The van der Waals surface area contributed by atoms with Crippen LogP contribution in [-0.2, 0) is 6.54 Å². The number of terminal acetylenes is 1. The van der Waals surface area contributed by atoms with Gasteiger partial charge in [-0.05, 0) is 12.8 Å². The van der Waals surface area contributed by atoms with Crippen molar-refractivity contribution >= 4 is 11.6 Å². The number of aromatic nitrogens is 2. The molecular weight excluding hydrogens is 184 g/mol. The smallest absolute Gasteiger partial charge is 0.102 e. The molecule has 1 saturated carbocycles. The normalized spacial score (nSPS) is 16.6. The van der Waals surface area contributed by atoms with E-state index in [1.165, 1.54) is 19.3 Å². The van der Waals surface area contributed by atoms with Gasteiger partial charge in [-0.2, -0.15) is 5.10 Å². The zero-order chi connectivity index (χ0) is 9.26. The average Bonchev–Trinajstić information content (AvgIpc) is 2.34. The molecule has 0 aliphatic heterocycles. The molecule has 0 aromatic carbocycles. The summed E-state index contributed by atoms with van der Waals surface area (Å²) >= 11 is 6.04. The molecule has 1 aliphatic rings. The van der Waals surface area contributed by atoms with Gasteiger partial charge in [-0.15, -0.1) is 6.42 Å². The first-order valence-electron chi connectivity index (χ1n) is 4.47. The maximum absolute atomic E-state index is 6.04. The van der Waals surface area contributed by atoms with Gasteiger partial charge in [-0.25, -0.2) is 0 Å². The third-order valence-corrected chi connectivity index (χ3v) is 2.86. The molecule has 68 valence electrons. The van der Waals surface area contributed by atoms with Crippen molar-refractivity contribution in [3.8, 4) is 12.3 Å². The van der Waals surface area contributed by atoms with E-state index >= 15 is 0 Å². The summed E-state index contributed by atoms with van der Waals surface area (Å²) < 4.78 is 1.84. The molecule has 2 nitrogen and oxygen atoms in total. The standard InChI is InChI=1S/C10H11ClN2/c1-2-6-13-10(8-4-3-5-8)9(11)7-12-13/h1,7-8H,3-6H2. The predicted octanol–water partition coefficient (Wildman–Crippen LogP) is 2.44. The van der Waals surface area contributed by atoms with Gasteiger partial charge in [-0.1, -0.05) is 23.9 Å². The summed E-state index contributed by atoms with van der Waals surface area (Å²) in [6.45, 7) is 0.526. The van der Waals surface area contributed by atoms with Crippen molar-refractivity contribution in [1.82, 2.24) is 9.78 Å². The Morgan fingerprint density at radius 1 is 1.69 bits per heavy atom. The molecule has 1 aromatic heterocycles. The largest absolute Gasteiger partial charge is 0.256 e. The van der Waals surface area contributed by atoms with Crippen LogP contribution in [0.3, 0.4) is 0 Å². The molecule has 1 aromatic rings. The highest BCUT2D eigenvalue weighted by atomic mass is 35.5. The molecule has 0 unspecified atom stereocenters. The highest BCUT2D eigenvalue weighted by Crippen LogP contribution is 2.39. The van der Waals surface area contributed by atoms with Crippen LogP contribution in [0.4, 0.5) is 0 Å². The Labute approximate surface area is 82.9 Å². The first-order valence-corrected chi connectivity index (χ1v) is 4.85. The molecule has 0 saturated heterocycles. The number of hydrogen-bond acceptors (Lipinski definition) is 1. The van der Waals surface area contributed by atoms with Crippen molar-refractivity contribution in [2.75, 3.05) is 0 Å². The van der Waals surface area contributed by atoms with Crippen LogP contribution in [0.2, 0.25) is 5.02 Å². The first kappa shape index (κ1) is 8.65. The van der Waals surface area contributed by atoms with Gasteiger partial charge in [0.05, 0.1) is 16.9 Å². The number of nitrogens with zero attached hydrogens (tertiary/aromatic N) is 2. The van der Waals surface area contributed by atoms with Crippen LogP contribution in [0.1, 0.15) is 30.9 Å². The Hall–Kier alpha value is -0.940. The molecule has 0 N–H and O–H groups in total. The van der Waals surface area contributed by atoms with Crippen molar-refractivity contribution < 1.29 is 0 Å². The van der Waals surface area contributed by atoms with E-state index in [1.54, 1.807) is 6.20 Å². The molecule has 3 heteroatoms. The van der Waals surface area contributed by atoms with E-state index in [4.69, 9.17) is 18.0 Å². The zero-order valence-corrected chi connectivity index (χ0v) is 8.09. The van der Waals surface area contributed by atoms with Gasteiger partial charge >= 0.3 is 0 Å². The van der Waals surface area contributed by atoms with Crippen molar-refractivity contribution in [1.29, 1.82) is 0 Å². The minimum absolute atomic E-state index is 0.526. The molecule has 0 atom stereocenters. The van der Waals surface area contributed by atoms with Gasteiger partial charge in [0.25, 0.3) is 0 Å². The lowest BCUT2D eigenvalue weighted by molar-refractivity contribution is 0.394. The van der Waals surface area contributed by atoms with E-state index in [9.17, 15) is 0 Å². The molecule has 0 radical (unpaired) electrons. The van der Waals surface area contributed by atoms with Crippen molar-refractivity contribution in [2.45, 2.75) is 31.7 Å². The predicted molar refractivity (Wildman–Crippen MR) is 52.7 cm³/mol. The second-order valence-electron chi connectivity index (χ2n) is 3.37. The highest BCUT2D eigenvalue weighted by Gasteiger charge is 2.25. The quantitative estimate of drug-likeness (QED) is 0.662. The first-order chi connectivity index (χ1) is 6.33. The molecule has 1 fully saturated rings. The highest BCUT2D eigenvalue weighted by molar-refractivity contribution is 6.31. The Morgan fingerprint density at radius 3 is 3.00 bits per heavy atom. The maximum Gasteiger partial charge on any atom is 0.102 e. The second-order valence-corrected chi connectivity index (χ2v) is 3.77. The lowest BCUT2D eigenvalue weighted by Gasteiger charge is -2.26.